The molecule has 0 atom stereocenters. The Morgan fingerprint density at radius 1 is 1.69 bits per heavy atom. The number of aromatic nitrogens is 2. The lowest BCUT2D eigenvalue weighted by Crippen LogP contribution is -2.09. The van der Waals surface area contributed by atoms with Gasteiger partial charge in [-0.25, -0.2) is 14.8 Å². The molecule has 1 N–H and O–H groups in total. The van der Waals surface area contributed by atoms with Crippen LogP contribution in [-0.4, -0.2) is 27.7 Å². The highest BCUT2D eigenvalue weighted by atomic mass is 16.5. The third-order valence-corrected chi connectivity index (χ3v) is 1.41. The van der Waals surface area contributed by atoms with E-state index in [2.05, 4.69) is 14.7 Å². The van der Waals surface area contributed by atoms with Crippen molar-refractivity contribution < 1.29 is 14.6 Å². The third kappa shape index (κ3) is 2.14. The summed E-state index contributed by atoms with van der Waals surface area (Å²) in [7, 11) is 0. The summed E-state index contributed by atoms with van der Waals surface area (Å²) in [6.45, 7) is 3.56. The van der Waals surface area contributed by atoms with Crippen LogP contribution >= 0.6 is 0 Å². The lowest BCUT2D eigenvalue weighted by molar-refractivity contribution is 0.0511. The zero-order valence-electron chi connectivity index (χ0n) is 7.44. The molecule has 0 saturated carbocycles. The number of aromatic hydroxyl groups is 1. The minimum absolute atomic E-state index is 0.0304. The zero-order valence-corrected chi connectivity index (χ0v) is 7.44. The summed E-state index contributed by atoms with van der Waals surface area (Å²) < 4.78 is 4.68. The summed E-state index contributed by atoms with van der Waals surface area (Å²) >= 11 is 0. The van der Waals surface area contributed by atoms with Crippen LogP contribution in [0.15, 0.2) is 6.20 Å². The average Bonchev–Trinajstić information content (AvgIpc) is 2.10. The van der Waals surface area contributed by atoms with Crippen LogP contribution in [0.4, 0.5) is 0 Å². The fourth-order valence-corrected chi connectivity index (χ4v) is 0.755. The average molecular weight is 182 g/mol. The normalized spacial score (nSPS) is 9.69. The highest BCUT2D eigenvalue weighted by Crippen LogP contribution is 2.10. The second kappa shape index (κ2) is 3.84. The molecule has 1 aromatic rings. The Kier molecular flexibility index (Phi) is 2.79. The van der Waals surface area contributed by atoms with Gasteiger partial charge in [-0.3, -0.25) is 0 Å². The maximum absolute atomic E-state index is 11.1. The van der Waals surface area contributed by atoms with Gasteiger partial charge in [-0.15, -0.1) is 0 Å². The van der Waals surface area contributed by atoms with Gasteiger partial charge in [0.15, 0.2) is 5.75 Å². The van der Waals surface area contributed by atoms with Gasteiger partial charge in [0.1, 0.15) is 0 Å². The fourth-order valence-electron chi connectivity index (χ4n) is 0.755. The molecule has 0 unspecified atom stereocenters. The Bertz CT molecular complexity index is 325. The third-order valence-electron chi connectivity index (χ3n) is 1.41. The van der Waals surface area contributed by atoms with Crippen molar-refractivity contribution in [3.05, 3.63) is 17.7 Å². The molecule has 0 aliphatic rings. The summed E-state index contributed by atoms with van der Waals surface area (Å²) in [5.74, 6) is -0.643. The van der Waals surface area contributed by atoms with Gasteiger partial charge in [0.25, 0.3) is 0 Å². The molecule has 0 aromatic carbocycles. The van der Waals surface area contributed by atoms with Crippen molar-refractivity contribution in [2.24, 2.45) is 0 Å². The molecule has 0 aliphatic carbocycles. The van der Waals surface area contributed by atoms with E-state index >= 15 is 0 Å². The number of carbonyl (C=O) groups excluding carboxylic acids is 1. The van der Waals surface area contributed by atoms with Crippen molar-refractivity contribution in [1.82, 2.24) is 9.97 Å². The minimum atomic E-state index is -0.578. The van der Waals surface area contributed by atoms with Crippen molar-refractivity contribution in [1.29, 1.82) is 0 Å². The van der Waals surface area contributed by atoms with Gasteiger partial charge in [0, 0.05) is 0 Å². The number of carbonyl (C=O) groups is 1. The van der Waals surface area contributed by atoms with Crippen LogP contribution in [0.25, 0.3) is 0 Å². The Labute approximate surface area is 75.4 Å². The Balaban J connectivity index is 2.90. The van der Waals surface area contributed by atoms with Gasteiger partial charge >= 0.3 is 5.97 Å². The smallest absolute Gasteiger partial charge is 0.376 e. The zero-order chi connectivity index (χ0) is 9.84. The van der Waals surface area contributed by atoms with E-state index in [1.807, 2.05) is 0 Å². The number of rotatable bonds is 2. The molecular weight excluding hydrogens is 172 g/mol. The van der Waals surface area contributed by atoms with Crippen molar-refractivity contribution in [2.45, 2.75) is 13.8 Å². The highest BCUT2D eigenvalue weighted by Gasteiger charge is 2.11. The maximum Gasteiger partial charge on any atom is 0.376 e. The monoisotopic (exact) mass is 182 g/mol. The first kappa shape index (κ1) is 9.44. The number of hydrogen-bond acceptors (Lipinski definition) is 5. The molecule has 70 valence electrons. The molecule has 0 fully saturated rings. The summed E-state index contributed by atoms with van der Waals surface area (Å²) in [4.78, 5) is 18.5. The molecule has 1 aromatic heterocycles. The first-order valence-electron chi connectivity index (χ1n) is 3.85. The van der Waals surface area contributed by atoms with Crippen molar-refractivity contribution >= 4 is 5.97 Å². The molecule has 0 spiro atoms. The molecule has 0 bridgehead atoms. The highest BCUT2D eigenvalue weighted by molar-refractivity contribution is 5.85. The molecule has 0 saturated heterocycles. The lowest BCUT2D eigenvalue weighted by Gasteiger charge is -2.01. The summed E-state index contributed by atoms with van der Waals surface area (Å²) in [6, 6.07) is 0. The fraction of sp³-hybridized carbons (Fsp3) is 0.375. The van der Waals surface area contributed by atoms with Crippen LogP contribution in [0.3, 0.4) is 0 Å². The van der Waals surface area contributed by atoms with Crippen molar-refractivity contribution in [2.75, 3.05) is 6.61 Å². The van der Waals surface area contributed by atoms with E-state index in [0.29, 0.717) is 5.69 Å². The van der Waals surface area contributed by atoms with Crippen molar-refractivity contribution in [3.63, 3.8) is 0 Å². The van der Waals surface area contributed by atoms with E-state index in [-0.39, 0.29) is 18.2 Å². The standard InChI is InChI=1S/C8H10N2O3/c1-3-13-8(12)7-9-4-6(11)5(2)10-7/h4,11H,3H2,1-2H3. The molecule has 5 heteroatoms. The molecule has 13 heavy (non-hydrogen) atoms. The molecule has 0 amide bonds. The van der Waals surface area contributed by atoms with Crippen LogP contribution in [-0.2, 0) is 4.74 Å². The first-order valence-corrected chi connectivity index (χ1v) is 3.85. The number of hydrogen-bond donors (Lipinski definition) is 1. The van der Waals surface area contributed by atoms with Crippen molar-refractivity contribution in [3.8, 4) is 5.75 Å². The molecule has 0 radical (unpaired) electrons. The summed E-state index contributed by atoms with van der Waals surface area (Å²) in [6.07, 6.45) is 1.18. The van der Waals surface area contributed by atoms with Crippen LogP contribution in [0.5, 0.6) is 5.75 Å². The SMILES string of the molecule is CCOC(=O)c1ncc(O)c(C)n1. The largest absolute Gasteiger partial charge is 0.504 e. The lowest BCUT2D eigenvalue weighted by atomic mass is 10.4. The molecular formula is C8H10N2O3. The van der Waals surface area contributed by atoms with Gasteiger partial charge < -0.3 is 9.84 Å². The Hall–Kier alpha value is -1.65. The first-order chi connectivity index (χ1) is 6.15. The van der Waals surface area contributed by atoms with Gasteiger partial charge in [-0.2, -0.15) is 0 Å². The number of aryl methyl sites for hydroxylation is 1. The van der Waals surface area contributed by atoms with E-state index in [1.54, 1.807) is 13.8 Å². The molecule has 5 nitrogen and oxygen atoms in total. The number of esters is 1. The van der Waals surface area contributed by atoms with Gasteiger partial charge in [0.05, 0.1) is 18.5 Å². The predicted octanol–water partition coefficient (Wildman–Crippen LogP) is 0.667. The van der Waals surface area contributed by atoms with E-state index in [1.165, 1.54) is 6.20 Å². The topological polar surface area (TPSA) is 72.3 Å². The van der Waals surface area contributed by atoms with Crippen LogP contribution in [0.2, 0.25) is 0 Å². The molecule has 0 aliphatic heterocycles. The van der Waals surface area contributed by atoms with E-state index in [9.17, 15) is 4.79 Å². The second-order valence-corrected chi connectivity index (χ2v) is 2.38. The predicted molar refractivity (Wildman–Crippen MR) is 44.4 cm³/mol. The van der Waals surface area contributed by atoms with E-state index in [0.717, 1.165) is 0 Å². The second-order valence-electron chi connectivity index (χ2n) is 2.38. The van der Waals surface area contributed by atoms with Gasteiger partial charge in [-0.1, -0.05) is 0 Å². The van der Waals surface area contributed by atoms with Gasteiger partial charge in [0.2, 0.25) is 5.82 Å². The van der Waals surface area contributed by atoms with Crippen LogP contribution < -0.4 is 0 Å². The van der Waals surface area contributed by atoms with Crippen LogP contribution in [0, 0.1) is 6.92 Å². The Morgan fingerprint density at radius 2 is 2.38 bits per heavy atom. The van der Waals surface area contributed by atoms with E-state index < -0.39 is 5.97 Å². The van der Waals surface area contributed by atoms with Gasteiger partial charge in [-0.05, 0) is 13.8 Å². The maximum atomic E-state index is 11.1. The summed E-state index contributed by atoms with van der Waals surface area (Å²) in [5.41, 5.74) is 0.359. The summed E-state index contributed by atoms with van der Waals surface area (Å²) in [5, 5.41) is 9.08. The van der Waals surface area contributed by atoms with Crippen LogP contribution in [0.1, 0.15) is 23.2 Å². The minimum Gasteiger partial charge on any atom is -0.504 e. The molecule has 1 rings (SSSR count). The quantitative estimate of drug-likeness (QED) is 0.680. The number of ether oxygens (including phenoxy) is 1. The van der Waals surface area contributed by atoms with E-state index in [4.69, 9.17) is 5.11 Å². The Morgan fingerprint density at radius 3 is 2.92 bits per heavy atom. The number of nitrogens with zero attached hydrogens (tertiary/aromatic N) is 2. The molecule has 1 heterocycles.